The molecule has 0 amide bonds. The molecule has 1 unspecified atom stereocenters. The summed E-state index contributed by atoms with van der Waals surface area (Å²) in [6, 6.07) is 52.2. The Hall–Kier alpha value is -6.25. The molecule has 6 aromatic carbocycles. The summed E-state index contributed by atoms with van der Waals surface area (Å²) in [7, 11) is 0. The van der Waals surface area contributed by atoms with Crippen LogP contribution in [0, 0.1) is 11.3 Å². The Kier molecular flexibility index (Phi) is 7.19. The fraction of sp³-hybridized carbons (Fsp3) is 0.0930. The molecule has 0 bridgehead atoms. The first-order chi connectivity index (χ1) is 23.5. The van der Waals surface area contributed by atoms with Crippen molar-refractivity contribution in [1.82, 2.24) is 5.32 Å². The van der Waals surface area contributed by atoms with E-state index in [9.17, 15) is 5.26 Å². The van der Waals surface area contributed by atoms with Crippen LogP contribution in [-0.2, 0) is 5.41 Å². The molecule has 2 aliphatic rings. The van der Waals surface area contributed by atoms with Gasteiger partial charge in [0.25, 0.3) is 0 Å². The predicted octanol–water partition coefficient (Wildman–Crippen LogP) is 9.77. The lowest BCUT2D eigenvalue weighted by Gasteiger charge is -2.24. The zero-order chi connectivity index (χ0) is 32.7. The van der Waals surface area contributed by atoms with Crippen molar-refractivity contribution < 1.29 is 0 Å². The molecule has 0 aromatic heterocycles. The molecule has 1 heterocycles. The maximum atomic E-state index is 9.55. The number of rotatable bonds is 6. The van der Waals surface area contributed by atoms with Crippen LogP contribution in [0.2, 0.25) is 0 Å². The topological polar surface area (TPSA) is 72.6 Å². The third-order valence-corrected chi connectivity index (χ3v) is 9.33. The van der Waals surface area contributed by atoms with Gasteiger partial charge in [-0.1, -0.05) is 123 Å². The van der Waals surface area contributed by atoms with Gasteiger partial charge < -0.3 is 10.6 Å². The fourth-order valence-electron chi connectivity index (χ4n) is 6.87. The Morgan fingerprint density at radius 3 is 2.17 bits per heavy atom. The van der Waals surface area contributed by atoms with Crippen molar-refractivity contribution in [2.24, 2.45) is 9.98 Å². The zero-order valence-corrected chi connectivity index (χ0v) is 26.8. The molecule has 5 heteroatoms. The molecule has 0 spiro atoms. The minimum Gasteiger partial charge on any atom is -0.355 e. The molecule has 1 aliphatic heterocycles. The smallest absolute Gasteiger partial charge is 0.159 e. The Morgan fingerprint density at radius 2 is 1.35 bits per heavy atom. The van der Waals surface area contributed by atoms with E-state index in [0.717, 1.165) is 39.2 Å². The van der Waals surface area contributed by atoms with Crippen molar-refractivity contribution in [3.05, 3.63) is 179 Å². The quantitative estimate of drug-likeness (QED) is 0.195. The van der Waals surface area contributed by atoms with Crippen molar-refractivity contribution in [3.63, 3.8) is 0 Å². The molecule has 0 fully saturated rings. The number of benzene rings is 6. The first-order valence-corrected chi connectivity index (χ1v) is 16.2. The Morgan fingerprint density at radius 1 is 0.646 bits per heavy atom. The maximum absolute atomic E-state index is 9.55. The number of anilines is 2. The van der Waals surface area contributed by atoms with Crippen LogP contribution in [0.15, 0.2) is 156 Å². The van der Waals surface area contributed by atoms with Crippen molar-refractivity contribution >= 4 is 23.0 Å². The molecule has 230 valence electrons. The standard InChI is InChI=1S/C43H33N5/c1-43(2)37-22-10-9-21-34(37)36-26-39(35(25-38(36)43)29-14-5-3-6-15-29)45-33-20-12-19-32(24-33)42-47-40(30-16-7-4-8-17-30)46-41(48-42)31-18-11-13-28(23-31)27-44/h3-26,40,45H,1-2H3,(H,46,47,48). The van der Waals surface area contributed by atoms with Gasteiger partial charge in [-0.25, -0.2) is 9.98 Å². The monoisotopic (exact) mass is 619 g/mol. The first kappa shape index (κ1) is 29.2. The lowest BCUT2D eigenvalue weighted by atomic mass is 9.81. The molecule has 48 heavy (non-hydrogen) atoms. The van der Waals surface area contributed by atoms with Gasteiger partial charge in [0.2, 0.25) is 0 Å². The molecule has 0 saturated heterocycles. The summed E-state index contributed by atoms with van der Waals surface area (Å²) in [6.45, 7) is 4.63. The van der Waals surface area contributed by atoms with Crippen LogP contribution in [0.3, 0.4) is 0 Å². The van der Waals surface area contributed by atoms with E-state index in [1.165, 1.54) is 22.3 Å². The Balaban J connectivity index is 1.22. The number of fused-ring (bicyclic) bond motifs is 3. The highest BCUT2D eigenvalue weighted by Crippen LogP contribution is 2.51. The van der Waals surface area contributed by atoms with Gasteiger partial charge in [-0.05, 0) is 69.8 Å². The van der Waals surface area contributed by atoms with E-state index >= 15 is 0 Å². The highest BCUT2D eigenvalue weighted by atomic mass is 15.2. The fourth-order valence-corrected chi connectivity index (χ4v) is 6.87. The molecule has 5 nitrogen and oxygen atoms in total. The lowest BCUT2D eigenvalue weighted by Crippen LogP contribution is -2.33. The van der Waals surface area contributed by atoms with Crippen molar-refractivity contribution in [2.75, 3.05) is 5.32 Å². The number of hydrogen-bond donors (Lipinski definition) is 2. The maximum Gasteiger partial charge on any atom is 0.159 e. The highest BCUT2D eigenvalue weighted by molar-refractivity contribution is 6.13. The van der Waals surface area contributed by atoms with Gasteiger partial charge in [-0.15, -0.1) is 0 Å². The van der Waals surface area contributed by atoms with Gasteiger partial charge in [-0.3, -0.25) is 0 Å². The third kappa shape index (κ3) is 5.24. The summed E-state index contributed by atoms with van der Waals surface area (Å²) in [5, 5.41) is 16.8. The van der Waals surface area contributed by atoms with Crippen LogP contribution in [0.5, 0.6) is 0 Å². The van der Waals surface area contributed by atoms with Gasteiger partial charge >= 0.3 is 0 Å². The second kappa shape index (κ2) is 11.8. The number of nitrogens with zero attached hydrogens (tertiary/aromatic N) is 3. The van der Waals surface area contributed by atoms with Crippen LogP contribution in [0.1, 0.15) is 53.4 Å². The van der Waals surface area contributed by atoms with Crippen LogP contribution in [0.4, 0.5) is 11.4 Å². The largest absolute Gasteiger partial charge is 0.355 e. The minimum atomic E-state index is -0.333. The molecule has 1 atom stereocenters. The van der Waals surface area contributed by atoms with Crippen LogP contribution >= 0.6 is 0 Å². The van der Waals surface area contributed by atoms with Crippen molar-refractivity contribution in [3.8, 4) is 28.3 Å². The van der Waals surface area contributed by atoms with E-state index in [-0.39, 0.29) is 11.6 Å². The van der Waals surface area contributed by atoms with Gasteiger partial charge in [0.15, 0.2) is 5.84 Å². The predicted molar refractivity (Wildman–Crippen MR) is 196 cm³/mol. The molecular weight excluding hydrogens is 587 g/mol. The minimum absolute atomic E-state index is 0.0984. The second-order valence-corrected chi connectivity index (χ2v) is 12.7. The van der Waals surface area contributed by atoms with E-state index in [4.69, 9.17) is 9.98 Å². The normalized spacial score (nSPS) is 15.6. The molecule has 1 aliphatic carbocycles. The summed E-state index contributed by atoms with van der Waals surface area (Å²) in [4.78, 5) is 10.1. The van der Waals surface area contributed by atoms with E-state index in [1.54, 1.807) is 6.07 Å². The molecule has 8 rings (SSSR count). The Labute approximate surface area is 281 Å². The average Bonchev–Trinajstić information content (AvgIpc) is 3.37. The molecule has 6 aromatic rings. The SMILES string of the molecule is CC1(C)c2ccccc2-c2cc(Nc3cccc(C4=NC(c5ccccc5)NC(c5cccc(C#N)c5)=N4)c3)c(-c3ccccc3)cc21. The van der Waals surface area contributed by atoms with Gasteiger partial charge in [0.1, 0.15) is 12.0 Å². The van der Waals surface area contributed by atoms with Crippen molar-refractivity contribution in [1.29, 1.82) is 5.26 Å². The summed E-state index contributed by atoms with van der Waals surface area (Å²) in [5.74, 6) is 1.30. The average molecular weight is 620 g/mol. The molecule has 0 saturated carbocycles. The van der Waals surface area contributed by atoms with Crippen molar-refractivity contribution in [2.45, 2.75) is 25.4 Å². The molecule has 0 radical (unpaired) electrons. The number of hydrogen-bond acceptors (Lipinski definition) is 5. The van der Waals surface area contributed by atoms with Gasteiger partial charge in [-0.2, -0.15) is 5.26 Å². The summed E-state index contributed by atoms with van der Waals surface area (Å²) in [5.41, 5.74) is 12.8. The van der Waals surface area contributed by atoms with E-state index in [0.29, 0.717) is 17.2 Å². The highest BCUT2D eigenvalue weighted by Gasteiger charge is 2.36. The molecule has 2 N–H and O–H groups in total. The van der Waals surface area contributed by atoms with E-state index in [1.807, 2.05) is 48.5 Å². The number of amidine groups is 2. The number of aliphatic imine (C=N–C) groups is 2. The summed E-state index contributed by atoms with van der Waals surface area (Å²) >= 11 is 0. The first-order valence-electron chi connectivity index (χ1n) is 16.2. The van der Waals surface area contributed by atoms with Crippen LogP contribution < -0.4 is 10.6 Å². The zero-order valence-electron chi connectivity index (χ0n) is 26.8. The lowest BCUT2D eigenvalue weighted by molar-refractivity contribution is 0.660. The van der Waals surface area contributed by atoms with E-state index < -0.39 is 0 Å². The Bertz CT molecular complexity index is 2280. The van der Waals surface area contributed by atoms with E-state index in [2.05, 4.69) is 122 Å². The third-order valence-electron chi connectivity index (χ3n) is 9.33. The second-order valence-electron chi connectivity index (χ2n) is 12.7. The number of nitriles is 1. The van der Waals surface area contributed by atoms with Gasteiger partial charge in [0.05, 0.1) is 11.6 Å². The number of nitrogens with one attached hydrogen (secondary N) is 2. The molecular formula is C43H33N5. The van der Waals surface area contributed by atoms with Gasteiger partial charge in [0, 0.05) is 33.5 Å². The van der Waals surface area contributed by atoms with Crippen LogP contribution in [0.25, 0.3) is 22.3 Å². The summed E-state index contributed by atoms with van der Waals surface area (Å²) < 4.78 is 0. The summed E-state index contributed by atoms with van der Waals surface area (Å²) in [6.07, 6.45) is -0.333. The van der Waals surface area contributed by atoms with Crippen LogP contribution in [-0.4, -0.2) is 11.7 Å².